The molecule has 134 valence electrons. The van der Waals surface area contributed by atoms with Crippen molar-refractivity contribution in [3.8, 4) is 17.1 Å². The van der Waals surface area contributed by atoms with E-state index in [0.717, 1.165) is 5.56 Å². The molecule has 0 saturated heterocycles. The first-order valence-corrected chi connectivity index (χ1v) is 8.40. The topological polar surface area (TPSA) is 64.4 Å². The van der Waals surface area contributed by atoms with Crippen LogP contribution in [0.5, 0.6) is 5.75 Å². The lowest BCUT2D eigenvalue weighted by molar-refractivity contribution is 0.101. The largest absolute Gasteiger partial charge is 0.497 e. The highest BCUT2D eigenvalue weighted by Crippen LogP contribution is 2.27. The van der Waals surface area contributed by atoms with Gasteiger partial charge >= 0.3 is 0 Å². The van der Waals surface area contributed by atoms with E-state index in [1.807, 2.05) is 0 Å². The van der Waals surface area contributed by atoms with Crippen molar-refractivity contribution in [1.29, 1.82) is 0 Å². The van der Waals surface area contributed by atoms with Crippen molar-refractivity contribution >= 4 is 23.4 Å². The van der Waals surface area contributed by atoms with Gasteiger partial charge in [-0.3, -0.25) is 4.79 Å². The number of methoxy groups -OCH3 is 1. The molecule has 1 N–H and O–H groups in total. The van der Waals surface area contributed by atoms with Crippen molar-refractivity contribution in [1.82, 2.24) is 5.16 Å². The molecule has 0 radical (unpaired) electrons. The lowest BCUT2D eigenvalue weighted by atomic mass is 10.1. The Bertz CT molecular complexity index is 880. The zero-order chi connectivity index (χ0) is 18.5. The number of ether oxygens (including phenoxy) is 1. The summed E-state index contributed by atoms with van der Waals surface area (Å²) in [5.41, 5.74) is 1.34. The fraction of sp³-hybridized carbons (Fsp3) is 0.111. The monoisotopic (exact) mass is 376 g/mol. The summed E-state index contributed by atoms with van der Waals surface area (Å²) in [7, 11) is 1.57. The van der Waals surface area contributed by atoms with E-state index in [1.165, 1.54) is 18.2 Å². The molecule has 1 heterocycles. The van der Waals surface area contributed by atoms with E-state index in [0.29, 0.717) is 33.9 Å². The fourth-order valence-corrected chi connectivity index (χ4v) is 2.69. The molecule has 5 nitrogen and oxygen atoms in total. The Balaban J connectivity index is 1.67. The second-order valence-electron chi connectivity index (χ2n) is 5.16. The maximum absolute atomic E-state index is 12.3. The van der Waals surface area contributed by atoms with E-state index in [2.05, 4.69) is 10.5 Å². The average Bonchev–Trinajstić information content (AvgIpc) is 3.13. The van der Waals surface area contributed by atoms with Gasteiger partial charge in [0.15, 0.2) is 11.5 Å². The number of benzene rings is 2. The van der Waals surface area contributed by atoms with Gasteiger partial charge in [0.2, 0.25) is 0 Å². The van der Waals surface area contributed by atoms with Crippen LogP contribution in [0.2, 0.25) is 0 Å². The molecular weight excluding hydrogens is 362 g/mol. The van der Waals surface area contributed by atoms with Crippen LogP contribution in [0.4, 0.5) is 14.5 Å². The second kappa shape index (κ2) is 8.01. The Kier molecular flexibility index (Phi) is 5.52. The smallest absolute Gasteiger partial charge is 0.288 e. The van der Waals surface area contributed by atoms with Gasteiger partial charge in [-0.2, -0.15) is 8.78 Å². The summed E-state index contributed by atoms with van der Waals surface area (Å²) in [5.74, 6) is -1.79. The summed E-state index contributed by atoms with van der Waals surface area (Å²) in [6, 6.07) is 14.8. The van der Waals surface area contributed by atoms with Gasteiger partial charge < -0.3 is 14.6 Å². The molecule has 0 fully saturated rings. The predicted molar refractivity (Wildman–Crippen MR) is 94.7 cm³/mol. The van der Waals surface area contributed by atoms with E-state index in [-0.39, 0.29) is 5.69 Å². The minimum Gasteiger partial charge on any atom is -0.497 e. The molecule has 0 spiro atoms. The first-order chi connectivity index (χ1) is 12.5. The summed E-state index contributed by atoms with van der Waals surface area (Å²) in [5, 5.41) is 6.41. The van der Waals surface area contributed by atoms with Crippen molar-refractivity contribution in [2.45, 2.75) is 10.7 Å². The van der Waals surface area contributed by atoms with Crippen LogP contribution in [-0.4, -0.2) is 23.9 Å². The van der Waals surface area contributed by atoms with Crippen molar-refractivity contribution in [3.63, 3.8) is 0 Å². The van der Waals surface area contributed by atoms with Crippen molar-refractivity contribution in [2.75, 3.05) is 12.4 Å². The minimum absolute atomic E-state index is 0.113. The number of thioether (sulfide) groups is 1. The number of aromatic nitrogens is 1. The minimum atomic E-state index is -2.48. The van der Waals surface area contributed by atoms with Crippen molar-refractivity contribution in [3.05, 3.63) is 60.3 Å². The fourth-order valence-electron chi connectivity index (χ4n) is 2.19. The molecule has 26 heavy (non-hydrogen) atoms. The van der Waals surface area contributed by atoms with Gasteiger partial charge in [-0.15, -0.1) is 0 Å². The maximum atomic E-state index is 12.3. The zero-order valence-electron chi connectivity index (χ0n) is 13.6. The molecule has 0 unspecified atom stereocenters. The van der Waals surface area contributed by atoms with Crippen molar-refractivity contribution < 1.29 is 22.8 Å². The zero-order valence-corrected chi connectivity index (χ0v) is 14.4. The van der Waals surface area contributed by atoms with E-state index in [1.54, 1.807) is 43.5 Å². The molecule has 3 aromatic rings. The lowest BCUT2D eigenvalue weighted by Crippen LogP contribution is -2.11. The number of anilines is 1. The van der Waals surface area contributed by atoms with Gasteiger partial charge in [-0.1, -0.05) is 16.9 Å². The van der Waals surface area contributed by atoms with Crippen LogP contribution in [0.3, 0.4) is 0 Å². The van der Waals surface area contributed by atoms with Crippen LogP contribution >= 0.6 is 11.8 Å². The summed E-state index contributed by atoms with van der Waals surface area (Å²) in [6.45, 7) is 0. The predicted octanol–water partition coefficient (Wildman–Crippen LogP) is 4.92. The van der Waals surface area contributed by atoms with E-state index >= 15 is 0 Å². The van der Waals surface area contributed by atoms with Crippen LogP contribution in [0.1, 0.15) is 10.5 Å². The van der Waals surface area contributed by atoms with Gasteiger partial charge in [-0.05, 0) is 48.5 Å². The standard InChI is InChI=1S/C18H14F2N2O3S/c1-24-13-6-2-11(3-7-13)16-10-15(22-25-16)17(23)21-12-4-8-14(9-5-12)26-18(19)20/h2-10,18H,1H3,(H,21,23). The van der Waals surface area contributed by atoms with Gasteiger partial charge in [0.1, 0.15) is 5.75 Å². The van der Waals surface area contributed by atoms with Crippen LogP contribution in [-0.2, 0) is 0 Å². The van der Waals surface area contributed by atoms with E-state index < -0.39 is 11.7 Å². The average molecular weight is 376 g/mol. The Morgan fingerprint density at radius 3 is 2.46 bits per heavy atom. The van der Waals surface area contributed by atoms with E-state index in [9.17, 15) is 13.6 Å². The molecule has 8 heteroatoms. The number of carbonyl (C=O) groups is 1. The molecule has 0 aliphatic carbocycles. The molecule has 0 atom stereocenters. The Morgan fingerprint density at radius 1 is 1.15 bits per heavy atom. The third kappa shape index (κ3) is 4.40. The Hall–Kier alpha value is -2.87. The van der Waals surface area contributed by atoms with Gasteiger partial charge in [0, 0.05) is 22.2 Å². The molecule has 1 amide bonds. The highest BCUT2D eigenvalue weighted by molar-refractivity contribution is 7.99. The molecular formula is C18H14F2N2O3S. The first-order valence-electron chi connectivity index (χ1n) is 7.52. The van der Waals surface area contributed by atoms with Crippen LogP contribution in [0.25, 0.3) is 11.3 Å². The summed E-state index contributed by atoms with van der Waals surface area (Å²) in [6.07, 6.45) is 0. The molecule has 3 rings (SSSR count). The third-order valence-electron chi connectivity index (χ3n) is 3.45. The number of hydrogen-bond acceptors (Lipinski definition) is 5. The van der Waals surface area contributed by atoms with Gasteiger partial charge in [0.05, 0.1) is 7.11 Å². The number of rotatable bonds is 6. The quantitative estimate of drug-likeness (QED) is 0.619. The molecule has 0 aliphatic heterocycles. The first kappa shape index (κ1) is 17.9. The van der Waals surface area contributed by atoms with Crippen LogP contribution in [0.15, 0.2) is 64.0 Å². The van der Waals surface area contributed by atoms with Crippen LogP contribution < -0.4 is 10.1 Å². The maximum Gasteiger partial charge on any atom is 0.288 e. The Labute approximate surface area is 152 Å². The number of nitrogens with one attached hydrogen (secondary N) is 1. The van der Waals surface area contributed by atoms with Crippen molar-refractivity contribution in [2.24, 2.45) is 0 Å². The van der Waals surface area contributed by atoms with Gasteiger partial charge in [-0.25, -0.2) is 0 Å². The molecule has 0 aliphatic rings. The lowest BCUT2D eigenvalue weighted by Gasteiger charge is -2.04. The highest BCUT2D eigenvalue weighted by atomic mass is 32.2. The number of alkyl halides is 2. The third-order valence-corrected chi connectivity index (χ3v) is 4.18. The second-order valence-corrected chi connectivity index (χ2v) is 6.23. The summed E-state index contributed by atoms with van der Waals surface area (Å²) >= 11 is 0.444. The normalized spacial score (nSPS) is 10.8. The number of hydrogen-bond donors (Lipinski definition) is 1. The van der Waals surface area contributed by atoms with Gasteiger partial charge in [0.25, 0.3) is 11.7 Å². The van der Waals surface area contributed by atoms with Crippen LogP contribution in [0, 0.1) is 0 Å². The molecule has 0 saturated carbocycles. The number of carbonyl (C=O) groups excluding carboxylic acids is 1. The molecule has 0 bridgehead atoms. The summed E-state index contributed by atoms with van der Waals surface area (Å²) in [4.78, 5) is 12.7. The summed E-state index contributed by atoms with van der Waals surface area (Å²) < 4.78 is 34.9. The SMILES string of the molecule is COc1ccc(-c2cc(C(=O)Nc3ccc(SC(F)F)cc3)no2)cc1. The number of amides is 1. The Morgan fingerprint density at radius 2 is 1.85 bits per heavy atom. The molecule has 2 aromatic carbocycles. The molecule has 1 aromatic heterocycles. The number of halogens is 2. The van der Waals surface area contributed by atoms with E-state index in [4.69, 9.17) is 9.26 Å². The highest BCUT2D eigenvalue weighted by Gasteiger charge is 2.14. The number of nitrogens with zero attached hydrogens (tertiary/aromatic N) is 1.